The van der Waals surface area contributed by atoms with Crippen LogP contribution in [0.15, 0.2) is 16.8 Å². The number of hydrogen-bond donors (Lipinski definition) is 1. The van der Waals surface area contributed by atoms with Crippen LogP contribution in [0.25, 0.3) is 0 Å². The van der Waals surface area contributed by atoms with Crippen LogP contribution in [-0.4, -0.2) is 48.4 Å². The molecule has 2 aliphatic rings. The number of piperidine rings is 1. The van der Waals surface area contributed by atoms with Gasteiger partial charge in [-0.1, -0.05) is 6.92 Å². The van der Waals surface area contributed by atoms with E-state index in [0.29, 0.717) is 0 Å². The predicted molar refractivity (Wildman–Crippen MR) is 86.2 cm³/mol. The lowest BCUT2D eigenvalue weighted by Gasteiger charge is -2.41. The van der Waals surface area contributed by atoms with Gasteiger partial charge in [0.15, 0.2) is 0 Å². The summed E-state index contributed by atoms with van der Waals surface area (Å²) >= 11 is 1.69. The fourth-order valence-corrected chi connectivity index (χ4v) is 4.06. The van der Waals surface area contributed by atoms with Crippen LogP contribution in [-0.2, 0) is 4.79 Å². The van der Waals surface area contributed by atoms with E-state index >= 15 is 0 Å². The van der Waals surface area contributed by atoms with E-state index in [4.69, 9.17) is 0 Å². The highest BCUT2D eigenvalue weighted by atomic mass is 32.1. The molecule has 0 saturated carbocycles. The van der Waals surface area contributed by atoms with Crippen molar-refractivity contribution in [1.29, 1.82) is 0 Å². The molecule has 2 saturated heterocycles. The summed E-state index contributed by atoms with van der Waals surface area (Å²) in [6.07, 6.45) is 2.38. The first kappa shape index (κ1) is 15.0. The minimum absolute atomic E-state index is 0.0511. The lowest BCUT2D eigenvalue weighted by atomic mass is 9.80. The van der Waals surface area contributed by atoms with Crippen LogP contribution < -0.4 is 5.32 Å². The van der Waals surface area contributed by atoms with E-state index < -0.39 is 0 Å². The summed E-state index contributed by atoms with van der Waals surface area (Å²) in [7, 11) is 2.18. The quantitative estimate of drug-likeness (QED) is 0.931. The van der Waals surface area contributed by atoms with Crippen molar-refractivity contribution < 1.29 is 4.79 Å². The molecular formula is C16H25N3OS. The van der Waals surface area contributed by atoms with Gasteiger partial charge in [-0.05, 0) is 67.7 Å². The third-order valence-corrected chi connectivity index (χ3v) is 5.68. The molecule has 1 N–H and O–H groups in total. The van der Waals surface area contributed by atoms with Crippen LogP contribution >= 0.6 is 11.3 Å². The van der Waals surface area contributed by atoms with Gasteiger partial charge in [0.05, 0.1) is 6.04 Å². The largest absolute Gasteiger partial charge is 0.321 e. The van der Waals surface area contributed by atoms with Gasteiger partial charge < -0.3 is 9.80 Å². The average molecular weight is 307 g/mol. The second kappa shape index (κ2) is 5.71. The molecule has 1 amide bonds. The minimum atomic E-state index is -0.0789. The first-order valence-corrected chi connectivity index (χ1v) is 8.70. The van der Waals surface area contributed by atoms with E-state index in [2.05, 4.69) is 45.9 Å². The Labute approximate surface area is 131 Å². The molecule has 21 heavy (non-hydrogen) atoms. The smallest absolute Gasteiger partial charge is 0.241 e. The molecule has 1 aromatic heterocycles. The van der Waals surface area contributed by atoms with Crippen LogP contribution in [0.3, 0.4) is 0 Å². The Morgan fingerprint density at radius 3 is 2.76 bits per heavy atom. The third-order valence-electron chi connectivity index (χ3n) is 4.98. The van der Waals surface area contributed by atoms with Crippen LogP contribution in [0.4, 0.5) is 0 Å². The normalized spacial score (nSPS) is 30.0. The van der Waals surface area contributed by atoms with Gasteiger partial charge >= 0.3 is 0 Å². The topological polar surface area (TPSA) is 35.6 Å². The number of likely N-dealkylation sites (tertiary alicyclic amines) is 1. The van der Waals surface area contributed by atoms with Gasteiger partial charge in [0, 0.05) is 6.54 Å². The summed E-state index contributed by atoms with van der Waals surface area (Å²) in [6, 6.07) is 2.04. The molecule has 0 aromatic carbocycles. The van der Waals surface area contributed by atoms with E-state index in [9.17, 15) is 4.79 Å². The molecule has 3 rings (SSSR count). The number of thiophene rings is 1. The molecule has 0 aliphatic carbocycles. The molecule has 1 aromatic rings. The molecule has 2 unspecified atom stereocenters. The first-order valence-electron chi connectivity index (χ1n) is 7.76. The lowest BCUT2D eigenvalue weighted by Crippen LogP contribution is -2.45. The van der Waals surface area contributed by atoms with Gasteiger partial charge in [0.2, 0.25) is 5.91 Å². The lowest BCUT2D eigenvalue weighted by molar-refractivity contribution is -0.131. The minimum Gasteiger partial charge on any atom is -0.321 e. The van der Waals surface area contributed by atoms with Crippen LogP contribution in [0.5, 0.6) is 0 Å². The number of hydrogen-bond acceptors (Lipinski definition) is 4. The van der Waals surface area contributed by atoms with Crippen molar-refractivity contribution in [1.82, 2.24) is 15.1 Å². The number of nitrogens with zero attached hydrogens (tertiary/aromatic N) is 2. The Morgan fingerprint density at radius 1 is 1.43 bits per heavy atom. The second-order valence-electron chi connectivity index (χ2n) is 6.93. The molecule has 3 heterocycles. The number of amides is 1. The number of nitrogens with one attached hydrogen (secondary N) is 1. The van der Waals surface area contributed by atoms with Crippen molar-refractivity contribution in [3.8, 4) is 0 Å². The molecule has 116 valence electrons. The number of carbonyl (C=O) groups is 1. The summed E-state index contributed by atoms with van der Waals surface area (Å²) in [5.41, 5.74) is 1.46. The molecule has 0 radical (unpaired) electrons. The van der Waals surface area contributed by atoms with Crippen molar-refractivity contribution in [2.45, 2.75) is 38.9 Å². The zero-order valence-electron chi connectivity index (χ0n) is 13.1. The molecule has 2 atom stereocenters. The zero-order chi connectivity index (χ0) is 15.0. The van der Waals surface area contributed by atoms with Crippen LogP contribution in [0.2, 0.25) is 0 Å². The van der Waals surface area contributed by atoms with Crippen molar-refractivity contribution in [2.24, 2.45) is 5.41 Å². The highest BCUT2D eigenvalue weighted by molar-refractivity contribution is 7.07. The Hall–Kier alpha value is -0.910. The molecule has 0 bridgehead atoms. The molecule has 2 aliphatic heterocycles. The van der Waals surface area contributed by atoms with Crippen molar-refractivity contribution >= 4 is 17.2 Å². The van der Waals surface area contributed by atoms with Gasteiger partial charge in [-0.2, -0.15) is 11.3 Å². The summed E-state index contributed by atoms with van der Waals surface area (Å²) in [4.78, 5) is 17.0. The summed E-state index contributed by atoms with van der Waals surface area (Å²) < 4.78 is 0. The van der Waals surface area contributed by atoms with E-state index in [1.54, 1.807) is 11.3 Å². The van der Waals surface area contributed by atoms with E-state index in [1.807, 2.05) is 6.92 Å². The Balaban J connectivity index is 1.76. The van der Waals surface area contributed by atoms with Crippen LogP contribution in [0, 0.1) is 5.41 Å². The molecule has 4 nitrogen and oxygen atoms in total. The Kier molecular flexibility index (Phi) is 4.08. The molecule has 0 spiro atoms. The highest BCUT2D eigenvalue weighted by Gasteiger charge is 2.41. The fraction of sp³-hybridized carbons (Fsp3) is 0.688. The van der Waals surface area contributed by atoms with Crippen molar-refractivity contribution in [2.75, 3.05) is 26.7 Å². The Bertz CT molecular complexity index is 494. The van der Waals surface area contributed by atoms with E-state index in [1.165, 1.54) is 5.56 Å². The Morgan fingerprint density at radius 2 is 2.14 bits per heavy atom. The number of carbonyl (C=O) groups excluding carboxylic acids is 1. The standard InChI is InChI=1S/C16H25N3OS/c1-12-15(20)19(14(17-12)13-4-9-21-10-13)11-16(2)5-7-18(3)8-6-16/h4,9-10,12,14,17H,5-8,11H2,1-3H3. The molecule has 2 fully saturated rings. The van der Waals surface area contributed by atoms with Gasteiger partial charge in [0.1, 0.15) is 6.17 Å². The van der Waals surface area contributed by atoms with E-state index in [0.717, 1.165) is 32.5 Å². The van der Waals surface area contributed by atoms with Gasteiger partial charge in [-0.25, -0.2) is 0 Å². The van der Waals surface area contributed by atoms with Crippen molar-refractivity contribution in [3.05, 3.63) is 22.4 Å². The first-order chi connectivity index (χ1) is 9.98. The molecule has 5 heteroatoms. The maximum atomic E-state index is 12.5. The van der Waals surface area contributed by atoms with Crippen LogP contribution in [0.1, 0.15) is 38.4 Å². The second-order valence-corrected chi connectivity index (χ2v) is 7.71. The van der Waals surface area contributed by atoms with Gasteiger partial charge in [-0.3, -0.25) is 10.1 Å². The fourth-order valence-electron chi connectivity index (χ4n) is 3.38. The maximum Gasteiger partial charge on any atom is 0.241 e. The molecular weight excluding hydrogens is 282 g/mol. The predicted octanol–water partition coefficient (Wildman–Crippen LogP) is 2.30. The summed E-state index contributed by atoms with van der Waals surface area (Å²) in [5, 5.41) is 7.67. The van der Waals surface area contributed by atoms with Gasteiger partial charge in [0.25, 0.3) is 0 Å². The number of rotatable bonds is 3. The third kappa shape index (κ3) is 3.00. The van der Waals surface area contributed by atoms with E-state index in [-0.39, 0.29) is 23.5 Å². The SMILES string of the molecule is CC1NC(c2ccsc2)N(CC2(C)CCN(C)CC2)C1=O. The highest BCUT2D eigenvalue weighted by Crippen LogP contribution is 2.36. The summed E-state index contributed by atoms with van der Waals surface area (Å²) in [5.74, 6) is 0.242. The summed E-state index contributed by atoms with van der Waals surface area (Å²) in [6.45, 7) is 7.42. The van der Waals surface area contributed by atoms with Crippen molar-refractivity contribution in [3.63, 3.8) is 0 Å². The van der Waals surface area contributed by atoms with Gasteiger partial charge in [-0.15, -0.1) is 0 Å². The monoisotopic (exact) mass is 307 g/mol. The average Bonchev–Trinajstić information content (AvgIpc) is 3.07. The zero-order valence-corrected chi connectivity index (χ0v) is 13.9. The maximum absolute atomic E-state index is 12.5.